The minimum absolute atomic E-state index is 0.311. The summed E-state index contributed by atoms with van der Waals surface area (Å²) in [5, 5.41) is 10.1. The minimum atomic E-state index is -4.72. The number of rotatable bonds is 4. The topological polar surface area (TPSA) is 42.4 Å². The third-order valence-electron chi connectivity index (χ3n) is 2.69. The quantitative estimate of drug-likeness (QED) is 0.894. The largest absolute Gasteiger partial charge is 0.573 e. The Kier molecular flexibility index (Phi) is 4.84. The van der Waals surface area contributed by atoms with Crippen molar-refractivity contribution in [1.29, 1.82) is 0 Å². The van der Waals surface area contributed by atoms with E-state index in [1.807, 2.05) is 6.07 Å². The van der Waals surface area contributed by atoms with Crippen LogP contribution in [0, 0.1) is 0 Å². The molecule has 3 nitrogen and oxygen atoms in total. The van der Waals surface area contributed by atoms with Gasteiger partial charge in [0.1, 0.15) is 5.75 Å². The van der Waals surface area contributed by atoms with E-state index in [9.17, 15) is 18.3 Å². The molecule has 0 spiro atoms. The Hall–Kier alpha value is -1.60. The van der Waals surface area contributed by atoms with Gasteiger partial charge in [-0.25, -0.2) is 0 Å². The molecule has 0 fully saturated rings. The summed E-state index contributed by atoms with van der Waals surface area (Å²) in [6.45, 7) is 0. The summed E-state index contributed by atoms with van der Waals surface area (Å²) in [6, 6.07) is 6.96. The zero-order valence-electron chi connectivity index (χ0n) is 10.6. The van der Waals surface area contributed by atoms with Gasteiger partial charge in [-0.05, 0) is 45.3 Å². The number of alkyl halides is 3. The summed E-state index contributed by atoms with van der Waals surface area (Å²) >= 11 is 3.28. The van der Waals surface area contributed by atoms with E-state index >= 15 is 0 Å². The zero-order valence-corrected chi connectivity index (χ0v) is 12.2. The lowest BCUT2D eigenvalue weighted by molar-refractivity contribution is -0.274. The second-order valence-electron chi connectivity index (χ2n) is 4.35. The first-order chi connectivity index (χ1) is 9.83. The first-order valence-corrected chi connectivity index (χ1v) is 6.76. The van der Waals surface area contributed by atoms with Crippen LogP contribution in [0.15, 0.2) is 47.2 Å². The van der Waals surface area contributed by atoms with Crippen molar-refractivity contribution in [2.45, 2.75) is 18.9 Å². The van der Waals surface area contributed by atoms with Crippen molar-refractivity contribution in [3.05, 3.63) is 58.3 Å². The summed E-state index contributed by atoms with van der Waals surface area (Å²) < 4.78 is 40.7. The number of halogens is 4. The number of aliphatic hydroxyl groups excluding tert-OH is 1. The van der Waals surface area contributed by atoms with Crippen LogP contribution in [-0.4, -0.2) is 16.5 Å². The van der Waals surface area contributed by atoms with E-state index in [-0.39, 0.29) is 5.75 Å². The highest BCUT2D eigenvalue weighted by atomic mass is 79.9. The Bertz CT molecular complexity index is 602. The molecule has 2 rings (SSSR count). The molecular formula is C14H11BrF3NO2. The number of hydrogen-bond donors (Lipinski definition) is 1. The zero-order chi connectivity index (χ0) is 15.5. The van der Waals surface area contributed by atoms with Crippen LogP contribution in [-0.2, 0) is 6.42 Å². The molecule has 112 valence electrons. The van der Waals surface area contributed by atoms with Gasteiger partial charge in [-0.1, -0.05) is 12.1 Å². The summed E-state index contributed by atoms with van der Waals surface area (Å²) in [5.41, 5.74) is 1.32. The Morgan fingerprint density at radius 3 is 2.43 bits per heavy atom. The van der Waals surface area contributed by atoms with Gasteiger partial charge in [0.05, 0.1) is 6.10 Å². The maximum Gasteiger partial charge on any atom is 0.573 e. The van der Waals surface area contributed by atoms with Crippen LogP contribution in [0.2, 0.25) is 0 Å². The molecule has 1 N–H and O–H groups in total. The molecule has 7 heteroatoms. The third kappa shape index (κ3) is 5.02. The molecule has 0 radical (unpaired) electrons. The van der Waals surface area contributed by atoms with Gasteiger partial charge in [0.25, 0.3) is 0 Å². The molecule has 1 heterocycles. The predicted octanol–water partition coefficient (Wildman–Crippen LogP) is 4.02. The van der Waals surface area contributed by atoms with Crippen LogP contribution in [0.1, 0.15) is 17.2 Å². The van der Waals surface area contributed by atoms with E-state index in [2.05, 4.69) is 25.7 Å². The summed E-state index contributed by atoms with van der Waals surface area (Å²) in [5.74, 6) is -0.317. The van der Waals surface area contributed by atoms with Gasteiger partial charge in [-0.2, -0.15) is 0 Å². The van der Waals surface area contributed by atoms with E-state index in [1.165, 1.54) is 24.3 Å². The molecule has 0 aliphatic heterocycles. The van der Waals surface area contributed by atoms with Crippen molar-refractivity contribution < 1.29 is 23.0 Å². The number of hydrogen-bond acceptors (Lipinski definition) is 3. The maximum absolute atomic E-state index is 12.0. The molecule has 0 saturated carbocycles. The predicted molar refractivity (Wildman–Crippen MR) is 73.7 cm³/mol. The second kappa shape index (κ2) is 6.44. The molecular weight excluding hydrogens is 351 g/mol. The smallest absolute Gasteiger partial charge is 0.406 e. The molecule has 0 saturated heterocycles. The molecule has 1 atom stereocenters. The van der Waals surface area contributed by atoms with Gasteiger partial charge in [0, 0.05) is 23.3 Å². The fourth-order valence-electron chi connectivity index (χ4n) is 1.80. The van der Waals surface area contributed by atoms with E-state index in [1.54, 1.807) is 12.4 Å². The van der Waals surface area contributed by atoms with Gasteiger partial charge >= 0.3 is 6.36 Å². The Morgan fingerprint density at radius 1 is 1.19 bits per heavy atom. The van der Waals surface area contributed by atoms with Gasteiger partial charge in [0.2, 0.25) is 0 Å². The molecule has 0 bridgehead atoms. The van der Waals surface area contributed by atoms with Crippen molar-refractivity contribution in [2.24, 2.45) is 0 Å². The Balaban J connectivity index is 2.04. The monoisotopic (exact) mass is 361 g/mol. The highest BCUT2D eigenvalue weighted by molar-refractivity contribution is 9.10. The number of pyridine rings is 1. The van der Waals surface area contributed by atoms with Crippen LogP contribution >= 0.6 is 15.9 Å². The van der Waals surface area contributed by atoms with Crippen molar-refractivity contribution in [3.63, 3.8) is 0 Å². The number of aliphatic hydroxyl groups is 1. The number of aromatic nitrogens is 1. The Labute approximate surface area is 127 Å². The average molecular weight is 362 g/mol. The third-order valence-corrected chi connectivity index (χ3v) is 3.12. The van der Waals surface area contributed by atoms with Gasteiger partial charge in [-0.15, -0.1) is 13.2 Å². The minimum Gasteiger partial charge on any atom is -0.406 e. The lowest BCUT2D eigenvalue weighted by atomic mass is 10.0. The van der Waals surface area contributed by atoms with Gasteiger partial charge in [-0.3, -0.25) is 4.98 Å². The van der Waals surface area contributed by atoms with Crippen LogP contribution in [0.3, 0.4) is 0 Å². The first kappa shape index (κ1) is 15.8. The van der Waals surface area contributed by atoms with Crippen LogP contribution in [0.4, 0.5) is 13.2 Å². The maximum atomic E-state index is 12.0. The number of benzene rings is 1. The second-order valence-corrected chi connectivity index (χ2v) is 5.26. The normalized spacial score (nSPS) is 13.0. The van der Waals surface area contributed by atoms with Gasteiger partial charge in [0.15, 0.2) is 0 Å². The summed E-state index contributed by atoms with van der Waals surface area (Å²) in [7, 11) is 0. The van der Waals surface area contributed by atoms with Crippen molar-refractivity contribution in [2.75, 3.05) is 0 Å². The van der Waals surface area contributed by atoms with Crippen molar-refractivity contribution in [1.82, 2.24) is 4.98 Å². The lowest BCUT2D eigenvalue weighted by Crippen LogP contribution is -2.17. The molecule has 1 aromatic heterocycles. The molecule has 0 aliphatic carbocycles. The first-order valence-electron chi connectivity index (χ1n) is 5.97. The van der Waals surface area contributed by atoms with Crippen molar-refractivity contribution in [3.8, 4) is 5.75 Å². The fraction of sp³-hybridized carbons (Fsp3) is 0.214. The van der Waals surface area contributed by atoms with E-state index < -0.39 is 12.5 Å². The fourth-order valence-corrected chi connectivity index (χ4v) is 2.21. The highest BCUT2D eigenvalue weighted by Gasteiger charge is 2.31. The van der Waals surface area contributed by atoms with Gasteiger partial charge < -0.3 is 9.84 Å². The molecule has 0 aliphatic rings. The summed E-state index contributed by atoms with van der Waals surface area (Å²) in [6.07, 6.45) is -2.00. The lowest BCUT2D eigenvalue weighted by Gasteiger charge is -2.13. The number of nitrogens with zero attached hydrogens (tertiary/aromatic N) is 1. The number of ether oxygens (including phenoxy) is 1. The van der Waals surface area contributed by atoms with E-state index in [4.69, 9.17) is 0 Å². The highest BCUT2D eigenvalue weighted by Crippen LogP contribution is 2.25. The van der Waals surface area contributed by atoms with Crippen LogP contribution < -0.4 is 4.74 Å². The molecule has 0 amide bonds. The van der Waals surface area contributed by atoms with Crippen LogP contribution in [0.25, 0.3) is 0 Å². The Morgan fingerprint density at radius 2 is 1.86 bits per heavy atom. The summed E-state index contributed by atoms with van der Waals surface area (Å²) in [4.78, 5) is 3.98. The van der Waals surface area contributed by atoms with Crippen LogP contribution in [0.5, 0.6) is 5.75 Å². The molecule has 1 aromatic carbocycles. The average Bonchev–Trinajstić information content (AvgIpc) is 2.37. The SMILES string of the molecule is OC(Cc1cncc(Br)c1)c1ccc(OC(F)(F)F)cc1. The standard InChI is InChI=1S/C14H11BrF3NO2/c15-11-5-9(7-19-8-11)6-13(20)10-1-3-12(4-2-10)21-14(16,17)18/h1-5,7-8,13,20H,6H2. The molecule has 1 unspecified atom stereocenters. The molecule has 21 heavy (non-hydrogen) atoms. The molecule has 2 aromatic rings. The van der Waals surface area contributed by atoms with E-state index in [0.29, 0.717) is 12.0 Å². The van der Waals surface area contributed by atoms with E-state index in [0.717, 1.165) is 10.0 Å². The van der Waals surface area contributed by atoms with Crippen molar-refractivity contribution >= 4 is 15.9 Å².